The lowest BCUT2D eigenvalue weighted by atomic mass is 10.0. The number of nitrogens with one attached hydrogen (secondary N) is 1. The van der Waals surface area contributed by atoms with Crippen molar-refractivity contribution in [1.29, 1.82) is 0 Å². The van der Waals surface area contributed by atoms with E-state index in [0.717, 1.165) is 24.1 Å². The fraction of sp³-hybridized carbons (Fsp3) is 0.278. The zero-order valence-corrected chi connectivity index (χ0v) is 12.4. The third kappa shape index (κ3) is 4.63. The highest BCUT2D eigenvalue weighted by Gasteiger charge is 2.10. The van der Waals surface area contributed by atoms with Crippen LogP contribution in [0.4, 0.5) is 5.69 Å². The summed E-state index contributed by atoms with van der Waals surface area (Å²) < 4.78 is 0. The van der Waals surface area contributed by atoms with Crippen molar-refractivity contribution >= 4 is 11.6 Å². The second kappa shape index (κ2) is 7.48. The summed E-state index contributed by atoms with van der Waals surface area (Å²) >= 11 is 0. The van der Waals surface area contributed by atoms with Gasteiger partial charge < -0.3 is 11.1 Å². The normalized spacial score (nSPS) is 11.9. The number of para-hydroxylation sites is 1. The zero-order chi connectivity index (χ0) is 15.1. The Morgan fingerprint density at radius 2 is 1.76 bits per heavy atom. The van der Waals surface area contributed by atoms with Gasteiger partial charge in [-0.2, -0.15) is 0 Å². The first kappa shape index (κ1) is 15.1. The molecule has 3 N–H and O–H groups in total. The lowest BCUT2D eigenvalue weighted by Gasteiger charge is -2.20. The van der Waals surface area contributed by atoms with Crippen LogP contribution in [0.1, 0.15) is 24.5 Å². The topological polar surface area (TPSA) is 55.1 Å². The largest absolute Gasteiger partial charge is 0.382 e. The summed E-state index contributed by atoms with van der Waals surface area (Å²) in [5.74, 6) is -0.305. The van der Waals surface area contributed by atoms with E-state index in [1.807, 2.05) is 30.3 Å². The van der Waals surface area contributed by atoms with Gasteiger partial charge in [-0.15, -0.1) is 0 Å². The van der Waals surface area contributed by atoms with Crippen molar-refractivity contribution in [3.05, 3.63) is 65.7 Å². The first-order valence-electron chi connectivity index (χ1n) is 7.35. The van der Waals surface area contributed by atoms with Crippen LogP contribution in [0.3, 0.4) is 0 Å². The number of benzene rings is 2. The van der Waals surface area contributed by atoms with Crippen molar-refractivity contribution < 1.29 is 4.79 Å². The third-order valence-corrected chi connectivity index (χ3v) is 3.56. The minimum Gasteiger partial charge on any atom is -0.382 e. The molecule has 0 fully saturated rings. The molecule has 2 rings (SSSR count). The average Bonchev–Trinajstić information content (AvgIpc) is 2.49. The van der Waals surface area contributed by atoms with E-state index in [0.29, 0.717) is 6.04 Å². The summed E-state index contributed by atoms with van der Waals surface area (Å²) in [6, 6.07) is 18.6. The molecule has 2 aromatic carbocycles. The number of hydrogen-bond acceptors (Lipinski definition) is 2. The molecule has 1 atom stereocenters. The van der Waals surface area contributed by atoms with E-state index in [1.165, 1.54) is 5.56 Å². The fourth-order valence-electron chi connectivity index (χ4n) is 2.42. The van der Waals surface area contributed by atoms with Crippen LogP contribution in [0.5, 0.6) is 0 Å². The van der Waals surface area contributed by atoms with Crippen LogP contribution in [0.2, 0.25) is 0 Å². The molecule has 0 spiro atoms. The van der Waals surface area contributed by atoms with Crippen LogP contribution >= 0.6 is 0 Å². The van der Waals surface area contributed by atoms with Gasteiger partial charge in [0.15, 0.2) is 0 Å². The molecular formula is C18H22N2O. The van der Waals surface area contributed by atoms with Gasteiger partial charge in [0.05, 0.1) is 6.42 Å². The van der Waals surface area contributed by atoms with E-state index >= 15 is 0 Å². The second-order valence-electron chi connectivity index (χ2n) is 5.24. The monoisotopic (exact) mass is 282 g/mol. The number of primary amides is 1. The number of nitrogens with two attached hydrogens (primary N) is 1. The highest BCUT2D eigenvalue weighted by Crippen LogP contribution is 2.19. The Labute approximate surface area is 126 Å². The molecule has 3 nitrogen and oxygen atoms in total. The summed E-state index contributed by atoms with van der Waals surface area (Å²) in [7, 11) is 0. The summed E-state index contributed by atoms with van der Waals surface area (Å²) in [6.07, 6.45) is 2.24. The molecule has 0 bridgehead atoms. The molecule has 1 amide bonds. The van der Waals surface area contributed by atoms with Crippen molar-refractivity contribution in [3.63, 3.8) is 0 Å². The molecule has 0 aliphatic heterocycles. The molecule has 110 valence electrons. The molecule has 0 aliphatic carbocycles. The smallest absolute Gasteiger partial charge is 0.221 e. The Bertz CT molecular complexity index is 581. The summed E-state index contributed by atoms with van der Waals surface area (Å²) in [4.78, 5) is 11.2. The summed E-state index contributed by atoms with van der Waals surface area (Å²) in [5, 5.41) is 3.54. The predicted octanol–water partition coefficient (Wildman–Crippen LogP) is 3.15. The Morgan fingerprint density at radius 1 is 1.10 bits per heavy atom. The lowest BCUT2D eigenvalue weighted by molar-refractivity contribution is -0.117. The molecule has 0 aliphatic rings. The van der Waals surface area contributed by atoms with E-state index in [4.69, 9.17) is 5.73 Å². The molecule has 21 heavy (non-hydrogen) atoms. The lowest BCUT2D eigenvalue weighted by Crippen LogP contribution is -2.23. The Hall–Kier alpha value is -2.29. The van der Waals surface area contributed by atoms with Gasteiger partial charge in [0.25, 0.3) is 0 Å². The first-order valence-corrected chi connectivity index (χ1v) is 7.35. The van der Waals surface area contributed by atoms with E-state index < -0.39 is 0 Å². The van der Waals surface area contributed by atoms with Crippen LogP contribution in [0, 0.1) is 0 Å². The quantitative estimate of drug-likeness (QED) is 0.819. The van der Waals surface area contributed by atoms with Gasteiger partial charge in [-0.25, -0.2) is 0 Å². The number of carbonyl (C=O) groups is 1. The SMILES string of the molecule is CCC(Cc1ccccc1)Nc1ccccc1CC(N)=O. The summed E-state index contributed by atoms with van der Waals surface area (Å²) in [6.45, 7) is 2.16. The fourth-order valence-corrected chi connectivity index (χ4v) is 2.42. The van der Waals surface area contributed by atoms with Crippen molar-refractivity contribution in [1.82, 2.24) is 0 Å². The molecule has 0 saturated carbocycles. The van der Waals surface area contributed by atoms with Crippen LogP contribution in [0.15, 0.2) is 54.6 Å². The van der Waals surface area contributed by atoms with E-state index in [2.05, 4.69) is 36.5 Å². The number of carbonyl (C=O) groups excluding carboxylic acids is 1. The van der Waals surface area contributed by atoms with Gasteiger partial charge in [-0.3, -0.25) is 4.79 Å². The highest BCUT2D eigenvalue weighted by molar-refractivity contribution is 5.78. The van der Waals surface area contributed by atoms with Crippen molar-refractivity contribution in [2.45, 2.75) is 32.2 Å². The van der Waals surface area contributed by atoms with Crippen LogP contribution in [-0.2, 0) is 17.6 Å². The Kier molecular flexibility index (Phi) is 5.38. The predicted molar refractivity (Wildman–Crippen MR) is 87.2 cm³/mol. The molecule has 0 saturated heterocycles. The van der Waals surface area contributed by atoms with Crippen LogP contribution in [-0.4, -0.2) is 11.9 Å². The van der Waals surface area contributed by atoms with Crippen molar-refractivity contribution in [3.8, 4) is 0 Å². The first-order chi connectivity index (χ1) is 10.2. The van der Waals surface area contributed by atoms with Gasteiger partial charge in [-0.05, 0) is 30.0 Å². The van der Waals surface area contributed by atoms with Crippen LogP contribution in [0.25, 0.3) is 0 Å². The van der Waals surface area contributed by atoms with Gasteiger partial charge in [0, 0.05) is 11.7 Å². The number of anilines is 1. The van der Waals surface area contributed by atoms with E-state index in [-0.39, 0.29) is 12.3 Å². The van der Waals surface area contributed by atoms with Gasteiger partial charge in [-0.1, -0.05) is 55.5 Å². The average molecular weight is 282 g/mol. The number of rotatable bonds is 7. The van der Waals surface area contributed by atoms with Gasteiger partial charge >= 0.3 is 0 Å². The van der Waals surface area contributed by atoms with Crippen LogP contribution < -0.4 is 11.1 Å². The molecule has 0 aromatic heterocycles. The maximum Gasteiger partial charge on any atom is 0.221 e. The second-order valence-corrected chi connectivity index (χ2v) is 5.24. The number of amides is 1. The summed E-state index contributed by atoms with van der Waals surface area (Å²) in [5.41, 5.74) is 8.58. The standard InChI is InChI=1S/C18H22N2O/c1-2-16(12-14-8-4-3-5-9-14)20-17-11-7-6-10-15(17)13-18(19)21/h3-11,16,20H,2,12-13H2,1H3,(H2,19,21). The van der Waals surface area contributed by atoms with Crippen molar-refractivity contribution in [2.75, 3.05) is 5.32 Å². The Morgan fingerprint density at radius 3 is 2.43 bits per heavy atom. The minimum absolute atomic E-state index is 0.269. The zero-order valence-electron chi connectivity index (χ0n) is 12.4. The molecule has 3 heteroatoms. The maximum absolute atomic E-state index is 11.2. The molecule has 0 radical (unpaired) electrons. The molecule has 0 heterocycles. The maximum atomic E-state index is 11.2. The van der Waals surface area contributed by atoms with Crippen molar-refractivity contribution in [2.24, 2.45) is 5.73 Å². The third-order valence-electron chi connectivity index (χ3n) is 3.56. The van der Waals surface area contributed by atoms with E-state index in [9.17, 15) is 4.79 Å². The molecular weight excluding hydrogens is 260 g/mol. The van der Waals surface area contributed by atoms with E-state index in [1.54, 1.807) is 0 Å². The van der Waals surface area contributed by atoms with Gasteiger partial charge in [0.2, 0.25) is 5.91 Å². The molecule has 1 unspecified atom stereocenters. The Balaban J connectivity index is 2.09. The van der Waals surface area contributed by atoms with Gasteiger partial charge in [0.1, 0.15) is 0 Å². The highest BCUT2D eigenvalue weighted by atomic mass is 16.1. The minimum atomic E-state index is -0.305. The number of hydrogen-bond donors (Lipinski definition) is 2. The molecule has 2 aromatic rings.